The predicted octanol–water partition coefficient (Wildman–Crippen LogP) is 5.53. The number of amides is 1. The number of nitrogens with one attached hydrogen (secondary N) is 1. The van der Waals surface area contributed by atoms with Crippen molar-refractivity contribution < 1.29 is 23.7 Å². The second kappa shape index (κ2) is 11.6. The molecule has 0 saturated heterocycles. The van der Waals surface area contributed by atoms with Crippen molar-refractivity contribution in [3.8, 4) is 45.5 Å². The first-order valence-corrected chi connectivity index (χ1v) is 12.1. The molecule has 1 N–H and O–H groups in total. The molecule has 0 aliphatic carbocycles. The molecule has 0 unspecified atom stereocenters. The number of benzene rings is 3. The number of unbranched alkanes of at least 4 members (excludes halogenated alkanes) is 1. The minimum Gasteiger partial charge on any atom is -0.493 e. The molecule has 192 valence electrons. The Bertz CT molecular complexity index is 1420. The van der Waals surface area contributed by atoms with Crippen molar-refractivity contribution in [3.05, 3.63) is 60.2 Å². The zero-order valence-corrected chi connectivity index (χ0v) is 21.8. The van der Waals surface area contributed by atoms with Crippen molar-refractivity contribution in [2.45, 2.75) is 19.8 Å². The van der Waals surface area contributed by atoms with Gasteiger partial charge in [0.2, 0.25) is 0 Å². The quantitative estimate of drug-likeness (QED) is 0.286. The van der Waals surface area contributed by atoms with E-state index >= 15 is 0 Å². The summed E-state index contributed by atoms with van der Waals surface area (Å²) in [5.41, 5.74) is 4.68. The lowest BCUT2D eigenvalue weighted by molar-refractivity contribution is 0.0953. The van der Waals surface area contributed by atoms with Crippen molar-refractivity contribution in [1.29, 1.82) is 0 Å². The molecular formula is C29H31N3O5. The zero-order chi connectivity index (χ0) is 26.4. The van der Waals surface area contributed by atoms with Crippen LogP contribution in [-0.4, -0.2) is 50.9 Å². The topological polar surface area (TPSA) is 91.8 Å². The minimum absolute atomic E-state index is 0.131. The molecule has 3 aromatic carbocycles. The van der Waals surface area contributed by atoms with E-state index < -0.39 is 0 Å². The van der Waals surface area contributed by atoms with Gasteiger partial charge in [0.25, 0.3) is 5.91 Å². The van der Waals surface area contributed by atoms with E-state index in [0.717, 1.165) is 24.0 Å². The van der Waals surface area contributed by atoms with Crippen LogP contribution in [0.15, 0.2) is 54.6 Å². The van der Waals surface area contributed by atoms with Gasteiger partial charge in [0.1, 0.15) is 0 Å². The van der Waals surface area contributed by atoms with Crippen LogP contribution >= 0.6 is 0 Å². The SMILES string of the molecule is CCCCNC(=O)c1ccc2nc(-c3ccc(OC)c(OC)c3)c(-c3ccc(OC)c(OC)c3)nc2c1. The van der Waals surface area contributed by atoms with Crippen molar-refractivity contribution in [3.63, 3.8) is 0 Å². The summed E-state index contributed by atoms with van der Waals surface area (Å²) in [7, 11) is 6.37. The summed E-state index contributed by atoms with van der Waals surface area (Å²) in [6.45, 7) is 2.72. The van der Waals surface area contributed by atoms with Gasteiger partial charge in [0.15, 0.2) is 23.0 Å². The predicted molar refractivity (Wildman–Crippen MR) is 144 cm³/mol. The lowest BCUT2D eigenvalue weighted by Gasteiger charge is -2.15. The molecule has 4 aromatic rings. The fourth-order valence-electron chi connectivity index (χ4n) is 4.05. The lowest BCUT2D eigenvalue weighted by atomic mass is 10.0. The van der Waals surface area contributed by atoms with E-state index in [4.69, 9.17) is 28.9 Å². The second-order valence-corrected chi connectivity index (χ2v) is 8.37. The van der Waals surface area contributed by atoms with Crippen molar-refractivity contribution in [2.24, 2.45) is 0 Å². The highest BCUT2D eigenvalue weighted by atomic mass is 16.5. The smallest absolute Gasteiger partial charge is 0.251 e. The maximum Gasteiger partial charge on any atom is 0.251 e. The van der Waals surface area contributed by atoms with Gasteiger partial charge in [0.05, 0.1) is 50.9 Å². The van der Waals surface area contributed by atoms with Crippen molar-refractivity contribution in [1.82, 2.24) is 15.3 Å². The molecule has 0 bridgehead atoms. The molecule has 4 rings (SSSR count). The van der Waals surface area contributed by atoms with E-state index in [0.29, 0.717) is 57.5 Å². The van der Waals surface area contributed by atoms with E-state index in [-0.39, 0.29) is 5.91 Å². The highest BCUT2D eigenvalue weighted by Gasteiger charge is 2.18. The Kier molecular flexibility index (Phi) is 8.08. The molecule has 8 nitrogen and oxygen atoms in total. The van der Waals surface area contributed by atoms with Crippen LogP contribution < -0.4 is 24.3 Å². The van der Waals surface area contributed by atoms with Gasteiger partial charge < -0.3 is 24.3 Å². The summed E-state index contributed by atoms with van der Waals surface area (Å²) < 4.78 is 21.9. The van der Waals surface area contributed by atoms with Crippen LogP contribution in [0.2, 0.25) is 0 Å². The number of fused-ring (bicyclic) bond motifs is 1. The number of rotatable bonds is 10. The van der Waals surface area contributed by atoms with Gasteiger partial charge in [-0.25, -0.2) is 9.97 Å². The van der Waals surface area contributed by atoms with Gasteiger partial charge >= 0.3 is 0 Å². The standard InChI is InChI=1S/C29H31N3O5/c1-6-7-14-30-29(33)20-8-11-21-22(15-20)32-28(19-10-13-24(35-3)26(17-19)37-5)27(31-21)18-9-12-23(34-2)25(16-18)36-4/h8-13,15-17H,6-7,14H2,1-5H3,(H,30,33). The number of aromatic nitrogens is 2. The summed E-state index contributed by atoms with van der Waals surface area (Å²) in [6.07, 6.45) is 1.94. The van der Waals surface area contributed by atoms with Crippen molar-refractivity contribution >= 4 is 16.9 Å². The van der Waals surface area contributed by atoms with Crippen LogP contribution in [0.5, 0.6) is 23.0 Å². The maximum atomic E-state index is 12.7. The number of methoxy groups -OCH3 is 4. The largest absolute Gasteiger partial charge is 0.493 e. The van der Waals surface area contributed by atoms with Crippen LogP contribution in [0.3, 0.4) is 0 Å². The first-order valence-electron chi connectivity index (χ1n) is 12.1. The Hall–Kier alpha value is -4.33. The van der Waals surface area contributed by atoms with Gasteiger partial charge in [-0.3, -0.25) is 4.79 Å². The van der Waals surface area contributed by atoms with Crippen LogP contribution in [-0.2, 0) is 0 Å². The fourth-order valence-corrected chi connectivity index (χ4v) is 4.05. The van der Waals surface area contributed by atoms with Crippen molar-refractivity contribution in [2.75, 3.05) is 35.0 Å². The average Bonchev–Trinajstić information content (AvgIpc) is 2.95. The normalized spacial score (nSPS) is 10.7. The highest BCUT2D eigenvalue weighted by Crippen LogP contribution is 2.39. The number of carbonyl (C=O) groups excluding carboxylic acids is 1. The van der Waals surface area contributed by atoms with Crippen LogP contribution in [0, 0.1) is 0 Å². The van der Waals surface area contributed by atoms with E-state index in [1.54, 1.807) is 40.6 Å². The third-order valence-electron chi connectivity index (χ3n) is 6.06. The summed E-state index contributed by atoms with van der Waals surface area (Å²) in [5, 5.41) is 2.96. The summed E-state index contributed by atoms with van der Waals surface area (Å²) in [4.78, 5) is 22.6. The molecule has 0 fully saturated rings. The van der Waals surface area contributed by atoms with Gasteiger partial charge in [-0.05, 0) is 61.0 Å². The third kappa shape index (κ3) is 5.43. The number of ether oxygens (including phenoxy) is 4. The average molecular weight is 502 g/mol. The van der Waals surface area contributed by atoms with Crippen LogP contribution in [0.25, 0.3) is 33.5 Å². The third-order valence-corrected chi connectivity index (χ3v) is 6.06. The molecule has 0 aliphatic heterocycles. The van der Waals surface area contributed by atoms with Crippen LogP contribution in [0.4, 0.5) is 0 Å². The first-order chi connectivity index (χ1) is 18.0. The summed E-state index contributed by atoms with van der Waals surface area (Å²) in [5.74, 6) is 2.25. The van der Waals surface area contributed by atoms with E-state index in [1.807, 2.05) is 42.5 Å². The fraction of sp³-hybridized carbons (Fsp3) is 0.276. The molecule has 1 amide bonds. The molecule has 8 heteroatoms. The molecule has 1 heterocycles. The maximum absolute atomic E-state index is 12.7. The minimum atomic E-state index is -0.131. The Labute approximate surface area is 216 Å². The number of hydrogen-bond acceptors (Lipinski definition) is 7. The molecule has 0 saturated carbocycles. The summed E-state index contributed by atoms with van der Waals surface area (Å²) in [6, 6.07) is 16.6. The van der Waals surface area contributed by atoms with Gasteiger partial charge in [-0.2, -0.15) is 0 Å². The number of carbonyl (C=O) groups is 1. The molecule has 0 aliphatic rings. The molecule has 1 aromatic heterocycles. The molecular weight excluding hydrogens is 470 g/mol. The van der Waals surface area contributed by atoms with Gasteiger partial charge in [0, 0.05) is 23.2 Å². The Balaban J connectivity index is 1.90. The monoisotopic (exact) mass is 501 g/mol. The Morgan fingerprint density at radius 3 is 1.76 bits per heavy atom. The highest BCUT2D eigenvalue weighted by molar-refractivity contribution is 5.98. The zero-order valence-electron chi connectivity index (χ0n) is 21.8. The molecule has 0 spiro atoms. The first kappa shape index (κ1) is 25.8. The lowest BCUT2D eigenvalue weighted by Crippen LogP contribution is -2.24. The molecule has 0 radical (unpaired) electrons. The van der Waals surface area contributed by atoms with E-state index in [9.17, 15) is 4.79 Å². The summed E-state index contributed by atoms with van der Waals surface area (Å²) >= 11 is 0. The molecule has 37 heavy (non-hydrogen) atoms. The van der Waals surface area contributed by atoms with Gasteiger partial charge in [-0.1, -0.05) is 13.3 Å². The Morgan fingerprint density at radius 1 is 0.703 bits per heavy atom. The second-order valence-electron chi connectivity index (χ2n) is 8.37. The Morgan fingerprint density at radius 2 is 1.24 bits per heavy atom. The molecule has 0 atom stereocenters. The van der Waals surface area contributed by atoms with Gasteiger partial charge in [-0.15, -0.1) is 0 Å². The number of nitrogens with zero attached hydrogens (tertiary/aromatic N) is 2. The van der Waals surface area contributed by atoms with E-state index in [1.165, 1.54) is 0 Å². The van der Waals surface area contributed by atoms with E-state index in [2.05, 4.69) is 12.2 Å². The number of hydrogen-bond donors (Lipinski definition) is 1. The van der Waals surface area contributed by atoms with Crippen LogP contribution in [0.1, 0.15) is 30.1 Å².